The zero-order valence-corrected chi connectivity index (χ0v) is 13.6. The van der Waals surface area contributed by atoms with Crippen molar-refractivity contribution in [1.29, 1.82) is 0 Å². The van der Waals surface area contributed by atoms with Crippen molar-refractivity contribution in [1.82, 2.24) is 0 Å². The van der Waals surface area contributed by atoms with Gasteiger partial charge in [0.2, 0.25) is 0 Å². The summed E-state index contributed by atoms with van der Waals surface area (Å²) in [5.41, 5.74) is 3.34. The lowest BCUT2D eigenvalue weighted by molar-refractivity contribution is -0.134. The molecule has 0 spiro atoms. The molecular weight excluding hydrogens is 312 g/mol. The molecule has 0 radical (unpaired) electrons. The minimum absolute atomic E-state index is 0.536. The van der Waals surface area contributed by atoms with Gasteiger partial charge in [0, 0.05) is 22.9 Å². The number of nitrogens with zero attached hydrogens (tertiary/aromatic N) is 1. The third-order valence-corrected chi connectivity index (χ3v) is 4.22. The van der Waals surface area contributed by atoms with E-state index in [9.17, 15) is 9.59 Å². The van der Waals surface area contributed by atoms with Crippen LogP contribution in [0.25, 0.3) is 0 Å². The number of anilines is 2. The average molecular weight is 329 g/mol. The van der Waals surface area contributed by atoms with Crippen LogP contribution in [0.1, 0.15) is 17.5 Å². The van der Waals surface area contributed by atoms with E-state index in [-0.39, 0.29) is 0 Å². The Morgan fingerprint density at radius 1 is 1.17 bits per heavy atom. The molecule has 1 N–H and O–H groups in total. The lowest BCUT2D eigenvalue weighted by Gasteiger charge is -2.28. The van der Waals surface area contributed by atoms with Gasteiger partial charge in [-0.3, -0.25) is 9.59 Å². The minimum atomic E-state index is -0.632. The van der Waals surface area contributed by atoms with Crippen molar-refractivity contribution in [2.24, 2.45) is 0 Å². The maximum absolute atomic E-state index is 12.5. The molecule has 0 bridgehead atoms. The van der Waals surface area contributed by atoms with Crippen LogP contribution in [0.3, 0.4) is 0 Å². The van der Waals surface area contributed by atoms with Crippen molar-refractivity contribution in [2.45, 2.75) is 19.8 Å². The summed E-state index contributed by atoms with van der Waals surface area (Å²) >= 11 is 5.91. The monoisotopic (exact) mass is 328 g/mol. The Morgan fingerprint density at radius 3 is 2.74 bits per heavy atom. The first-order valence-corrected chi connectivity index (χ1v) is 7.91. The quantitative estimate of drug-likeness (QED) is 0.814. The molecule has 0 aromatic heterocycles. The third-order valence-electron chi connectivity index (χ3n) is 3.99. The molecule has 2 aromatic carbocycles. The van der Waals surface area contributed by atoms with Gasteiger partial charge in [-0.25, -0.2) is 0 Å². The number of para-hydroxylation sites is 1. The zero-order chi connectivity index (χ0) is 16.4. The van der Waals surface area contributed by atoms with E-state index >= 15 is 0 Å². The second-order valence-electron chi connectivity index (χ2n) is 5.60. The second-order valence-corrected chi connectivity index (χ2v) is 6.04. The smallest absolute Gasteiger partial charge is 0.316 e. The number of halogens is 1. The first-order valence-electron chi connectivity index (χ1n) is 7.53. The molecule has 0 fully saturated rings. The summed E-state index contributed by atoms with van der Waals surface area (Å²) in [6.45, 7) is 2.39. The molecule has 5 heteroatoms. The maximum atomic E-state index is 12.5. The Morgan fingerprint density at radius 2 is 1.96 bits per heavy atom. The predicted octanol–water partition coefficient (Wildman–Crippen LogP) is 3.57. The molecule has 2 amide bonds. The molecule has 1 aliphatic rings. The number of hydrogen-bond acceptors (Lipinski definition) is 2. The van der Waals surface area contributed by atoms with Gasteiger partial charge >= 0.3 is 11.8 Å². The normalized spacial score (nSPS) is 13.4. The van der Waals surface area contributed by atoms with E-state index in [1.807, 2.05) is 31.2 Å². The fourth-order valence-corrected chi connectivity index (χ4v) is 3.04. The summed E-state index contributed by atoms with van der Waals surface area (Å²) in [6, 6.07) is 12.8. The van der Waals surface area contributed by atoms with Crippen LogP contribution < -0.4 is 10.2 Å². The molecule has 0 saturated heterocycles. The molecule has 1 aliphatic heterocycles. The number of fused-ring (bicyclic) bond motifs is 1. The predicted molar refractivity (Wildman–Crippen MR) is 91.9 cm³/mol. The van der Waals surface area contributed by atoms with E-state index < -0.39 is 11.8 Å². The van der Waals surface area contributed by atoms with Gasteiger partial charge in [0.25, 0.3) is 0 Å². The maximum Gasteiger partial charge on any atom is 0.316 e. The van der Waals surface area contributed by atoms with E-state index in [1.54, 1.807) is 23.1 Å². The SMILES string of the molecule is Cc1cc(Cl)ccc1NC(=O)C(=O)N1CCCc2ccccc21. The van der Waals surface area contributed by atoms with Gasteiger partial charge in [-0.05, 0) is 55.2 Å². The van der Waals surface area contributed by atoms with E-state index in [0.29, 0.717) is 17.3 Å². The molecule has 4 nitrogen and oxygen atoms in total. The number of nitrogens with one attached hydrogen (secondary N) is 1. The Hall–Kier alpha value is -2.33. The second kappa shape index (κ2) is 6.42. The van der Waals surface area contributed by atoms with Crippen LogP contribution in [0, 0.1) is 6.92 Å². The first-order chi connectivity index (χ1) is 11.1. The molecule has 0 saturated carbocycles. The van der Waals surface area contributed by atoms with Crippen molar-refractivity contribution < 1.29 is 9.59 Å². The number of hydrogen-bond donors (Lipinski definition) is 1. The summed E-state index contributed by atoms with van der Waals surface area (Å²) in [4.78, 5) is 26.4. The highest BCUT2D eigenvalue weighted by Crippen LogP contribution is 2.27. The largest absolute Gasteiger partial charge is 0.318 e. The summed E-state index contributed by atoms with van der Waals surface area (Å²) in [6.07, 6.45) is 1.79. The Kier molecular flexibility index (Phi) is 4.35. The third kappa shape index (κ3) is 3.22. The Bertz CT molecular complexity index is 773. The number of carbonyl (C=O) groups excluding carboxylic acids is 2. The summed E-state index contributed by atoms with van der Waals surface area (Å²) in [5.74, 6) is -1.17. The highest BCUT2D eigenvalue weighted by atomic mass is 35.5. The molecule has 0 atom stereocenters. The van der Waals surface area contributed by atoms with E-state index in [2.05, 4.69) is 5.32 Å². The highest BCUT2D eigenvalue weighted by molar-refractivity contribution is 6.44. The molecule has 3 rings (SSSR count). The van der Waals surface area contributed by atoms with Gasteiger partial charge in [-0.15, -0.1) is 0 Å². The topological polar surface area (TPSA) is 49.4 Å². The van der Waals surface area contributed by atoms with Gasteiger partial charge in [0.05, 0.1) is 0 Å². The molecule has 23 heavy (non-hydrogen) atoms. The fraction of sp³-hybridized carbons (Fsp3) is 0.222. The molecule has 1 heterocycles. The lowest BCUT2D eigenvalue weighted by atomic mass is 10.0. The van der Waals surface area contributed by atoms with Gasteiger partial charge in [0.1, 0.15) is 0 Å². The van der Waals surface area contributed by atoms with Crippen molar-refractivity contribution in [2.75, 3.05) is 16.8 Å². The fourth-order valence-electron chi connectivity index (χ4n) is 2.81. The Labute approximate surface area is 140 Å². The molecule has 2 aromatic rings. The number of rotatable bonds is 1. The van der Waals surface area contributed by atoms with Crippen LogP contribution in [0.15, 0.2) is 42.5 Å². The standard InChI is InChI=1S/C18H17ClN2O2/c1-12-11-14(19)8-9-15(12)20-17(22)18(23)21-10-4-6-13-5-2-3-7-16(13)21/h2-3,5,7-9,11H,4,6,10H2,1H3,(H,20,22). The van der Waals surface area contributed by atoms with Crippen LogP contribution >= 0.6 is 11.6 Å². The molecule has 0 aliphatic carbocycles. The van der Waals surface area contributed by atoms with E-state index in [0.717, 1.165) is 29.7 Å². The number of amides is 2. The van der Waals surface area contributed by atoms with Crippen LogP contribution in [0.4, 0.5) is 11.4 Å². The van der Waals surface area contributed by atoms with Crippen molar-refractivity contribution in [3.8, 4) is 0 Å². The van der Waals surface area contributed by atoms with E-state index in [4.69, 9.17) is 11.6 Å². The summed E-state index contributed by atoms with van der Waals surface area (Å²) in [5, 5.41) is 3.27. The zero-order valence-electron chi connectivity index (χ0n) is 12.8. The van der Waals surface area contributed by atoms with E-state index in [1.165, 1.54) is 0 Å². The van der Waals surface area contributed by atoms with Crippen LogP contribution in [0.5, 0.6) is 0 Å². The molecule has 118 valence electrons. The van der Waals surface area contributed by atoms with Crippen molar-refractivity contribution in [3.63, 3.8) is 0 Å². The van der Waals surface area contributed by atoms with Crippen molar-refractivity contribution >= 4 is 34.8 Å². The van der Waals surface area contributed by atoms with Gasteiger partial charge < -0.3 is 10.2 Å². The molecular formula is C18H17ClN2O2. The number of aryl methyl sites for hydroxylation is 2. The average Bonchev–Trinajstić information content (AvgIpc) is 2.56. The molecule has 0 unspecified atom stereocenters. The van der Waals surface area contributed by atoms with Crippen molar-refractivity contribution in [3.05, 3.63) is 58.6 Å². The number of benzene rings is 2. The van der Waals surface area contributed by atoms with Gasteiger partial charge in [-0.1, -0.05) is 29.8 Å². The lowest BCUT2D eigenvalue weighted by Crippen LogP contribution is -2.42. The van der Waals surface area contributed by atoms with Gasteiger partial charge in [-0.2, -0.15) is 0 Å². The Balaban J connectivity index is 1.80. The van der Waals surface area contributed by atoms with Gasteiger partial charge in [0.15, 0.2) is 0 Å². The highest BCUT2D eigenvalue weighted by Gasteiger charge is 2.27. The summed E-state index contributed by atoms with van der Waals surface area (Å²) in [7, 11) is 0. The summed E-state index contributed by atoms with van der Waals surface area (Å²) < 4.78 is 0. The first kappa shape index (κ1) is 15.6. The van der Waals surface area contributed by atoms with Crippen LogP contribution in [0.2, 0.25) is 5.02 Å². The minimum Gasteiger partial charge on any atom is -0.318 e. The van der Waals surface area contributed by atoms with Crippen LogP contribution in [-0.2, 0) is 16.0 Å². The number of carbonyl (C=O) groups is 2. The van der Waals surface area contributed by atoms with Crippen LogP contribution in [-0.4, -0.2) is 18.4 Å².